The Morgan fingerprint density at radius 1 is 1.36 bits per heavy atom. The van der Waals surface area contributed by atoms with Crippen LogP contribution in [-0.4, -0.2) is 0 Å². The van der Waals surface area contributed by atoms with E-state index in [9.17, 15) is 4.39 Å². The van der Waals surface area contributed by atoms with Crippen LogP contribution >= 0.6 is 27.5 Å². The van der Waals surface area contributed by atoms with Gasteiger partial charge in [0, 0.05) is 4.99 Å². The lowest BCUT2D eigenvalue weighted by Gasteiger charge is -1.95. The largest absolute Gasteiger partial charge is 0.207 e. The summed E-state index contributed by atoms with van der Waals surface area (Å²) in [5.74, 6) is -0.257. The lowest BCUT2D eigenvalue weighted by atomic mass is 10.2. The molecule has 0 saturated heterocycles. The molecule has 0 aliphatic rings. The normalized spacial score (nSPS) is 11.7. The molecule has 3 heteroatoms. The summed E-state index contributed by atoms with van der Waals surface area (Å²) in [5, 5.41) is 0.560. The number of benzene rings is 1. The summed E-state index contributed by atoms with van der Waals surface area (Å²) in [7, 11) is 0. The summed E-state index contributed by atoms with van der Waals surface area (Å²) in [5.41, 5.74) is 0.796. The molecule has 0 spiro atoms. The van der Waals surface area contributed by atoms with Crippen molar-refractivity contribution in [3.8, 4) is 0 Å². The molecule has 0 saturated carbocycles. The molecule has 0 heterocycles. The maximum absolute atomic E-state index is 12.4. The van der Waals surface area contributed by atoms with Gasteiger partial charge in [-0.25, -0.2) is 4.39 Å². The second-order valence-electron chi connectivity index (χ2n) is 1.96. The van der Waals surface area contributed by atoms with E-state index in [0.29, 0.717) is 5.03 Å². The fourth-order valence-electron chi connectivity index (χ4n) is 0.672. The number of rotatable bonds is 1. The van der Waals surface area contributed by atoms with Crippen LogP contribution in [0.2, 0.25) is 0 Å². The van der Waals surface area contributed by atoms with Crippen LogP contribution in [0.25, 0.3) is 5.03 Å². The highest BCUT2D eigenvalue weighted by Crippen LogP contribution is 2.19. The van der Waals surface area contributed by atoms with Crippen molar-refractivity contribution in [3.05, 3.63) is 40.6 Å². The van der Waals surface area contributed by atoms with Crippen LogP contribution in [0.4, 0.5) is 4.39 Å². The van der Waals surface area contributed by atoms with Crippen molar-refractivity contribution in [2.75, 3.05) is 0 Å². The van der Waals surface area contributed by atoms with Gasteiger partial charge in [0.25, 0.3) is 0 Å². The first-order valence-electron chi connectivity index (χ1n) is 2.96. The average Bonchev–Trinajstić information content (AvgIpc) is 2.05. The van der Waals surface area contributed by atoms with Crippen molar-refractivity contribution in [1.29, 1.82) is 0 Å². The summed E-state index contributed by atoms with van der Waals surface area (Å²) in [6.45, 7) is 0. The molecule has 0 bridgehead atoms. The van der Waals surface area contributed by atoms with Crippen molar-refractivity contribution in [3.63, 3.8) is 0 Å². The first-order chi connectivity index (χ1) is 5.24. The van der Waals surface area contributed by atoms with E-state index in [1.54, 1.807) is 17.1 Å². The Hall–Kier alpha value is -0.340. The smallest absolute Gasteiger partial charge is 0.123 e. The van der Waals surface area contributed by atoms with Crippen molar-refractivity contribution in [2.45, 2.75) is 0 Å². The van der Waals surface area contributed by atoms with Gasteiger partial charge in [0.15, 0.2) is 0 Å². The summed E-state index contributed by atoms with van der Waals surface area (Å²) in [6, 6.07) is 5.98. The van der Waals surface area contributed by atoms with Gasteiger partial charge in [-0.1, -0.05) is 39.7 Å². The minimum absolute atomic E-state index is 0.257. The van der Waals surface area contributed by atoms with Gasteiger partial charge in [-0.3, -0.25) is 0 Å². The number of hydrogen-bond donors (Lipinski definition) is 0. The van der Waals surface area contributed by atoms with E-state index in [4.69, 9.17) is 11.6 Å². The quantitative estimate of drug-likeness (QED) is 0.695. The van der Waals surface area contributed by atoms with E-state index in [2.05, 4.69) is 15.9 Å². The molecular weight excluding hydrogens is 230 g/mol. The van der Waals surface area contributed by atoms with Crippen molar-refractivity contribution in [1.82, 2.24) is 0 Å². The highest BCUT2D eigenvalue weighted by Gasteiger charge is 1.95. The lowest BCUT2D eigenvalue weighted by Crippen LogP contribution is -1.76. The van der Waals surface area contributed by atoms with Gasteiger partial charge in [0.05, 0.1) is 5.03 Å². The third kappa shape index (κ3) is 2.31. The van der Waals surface area contributed by atoms with Gasteiger partial charge in [0.1, 0.15) is 5.82 Å². The van der Waals surface area contributed by atoms with Crippen LogP contribution in [0.15, 0.2) is 29.3 Å². The van der Waals surface area contributed by atoms with E-state index in [1.165, 1.54) is 12.1 Å². The standard InChI is InChI=1S/C8H5BrClF/c9-5-8(10)6-1-3-7(11)4-2-6/h1-5H/b8-5-. The summed E-state index contributed by atoms with van der Waals surface area (Å²) in [4.78, 5) is 1.59. The Bertz CT molecular complexity index is 266. The van der Waals surface area contributed by atoms with Gasteiger partial charge in [0.2, 0.25) is 0 Å². The fraction of sp³-hybridized carbons (Fsp3) is 0. The van der Waals surface area contributed by atoms with Crippen LogP contribution in [-0.2, 0) is 0 Å². The molecule has 11 heavy (non-hydrogen) atoms. The molecular formula is C8H5BrClF. The summed E-state index contributed by atoms with van der Waals surface area (Å²) >= 11 is 8.82. The maximum atomic E-state index is 12.4. The average molecular weight is 235 g/mol. The van der Waals surface area contributed by atoms with Crippen LogP contribution < -0.4 is 0 Å². The Kier molecular flexibility index (Phi) is 3.09. The molecule has 0 aliphatic heterocycles. The molecule has 0 aliphatic carbocycles. The zero-order chi connectivity index (χ0) is 8.27. The van der Waals surface area contributed by atoms with E-state index in [1.807, 2.05) is 0 Å². The second-order valence-corrected chi connectivity index (χ2v) is 2.83. The van der Waals surface area contributed by atoms with Gasteiger partial charge in [-0.05, 0) is 17.7 Å². The molecule has 0 fully saturated rings. The molecule has 1 rings (SSSR count). The Balaban J connectivity index is 2.99. The SMILES string of the molecule is Fc1ccc(/C(Cl)=C/Br)cc1. The second kappa shape index (κ2) is 3.88. The first kappa shape index (κ1) is 8.75. The first-order valence-corrected chi connectivity index (χ1v) is 4.25. The van der Waals surface area contributed by atoms with Crippen molar-refractivity contribution in [2.24, 2.45) is 0 Å². The molecule has 0 unspecified atom stereocenters. The summed E-state index contributed by atoms with van der Waals surface area (Å²) < 4.78 is 12.4. The van der Waals surface area contributed by atoms with Crippen LogP contribution in [0.1, 0.15) is 5.56 Å². The molecule has 0 atom stereocenters. The van der Waals surface area contributed by atoms with Crippen LogP contribution in [0, 0.1) is 5.82 Å². The van der Waals surface area contributed by atoms with Gasteiger partial charge in [-0.2, -0.15) is 0 Å². The number of hydrogen-bond acceptors (Lipinski definition) is 0. The van der Waals surface area contributed by atoms with E-state index in [-0.39, 0.29) is 5.82 Å². The fourth-order valence-corrected chi connectivity index (χ4v) is 1.06. The topological polar surface area (TPSA) is 0 Å². The molecule has 0 N–H and O–H groups in total. The Labute approximate surface area is 77.8 Å². The molecule has 0 aromatic heterocycles. The minimum Gasteiger partial charge on any atom is -0.207 e. The Morgan fingerprint density at radius 2 is 1.91 bits per heavy atom. The number of halogens is 3. The molecule has 58 valence electrons. The van der Waals surface area contributed by atoms with Gasteiger partial charge >= 0.3 is 0 Å². The zero-order valence-corrected chi connectivity index (χ0v) is 7.86. The molecule has 1 aromatic rings. The molecule has 1 aromatic carbocycles. The molecule has 0 nitrogen and oxygen atoms in total. The molecule has 0 radical (unpaired) electrons. The van der Waals surface area contributed by atoms with Gasteiger partial charge in [-0.15, -0.1) is 0 Å². The third-order valence-corrected chi connectivity index (χ3v) is 2.26. The monoisotopic (exact) mass is 234 g/mol. The molecule has 0 amide bonds. The zero-order valence-electron chi connectivity index (χ0n) is 5.52. The van der Waals surface area contributed by atoms with E-state index in [0.717, 1.165) is 5.56 Å². The maximum Gasteiger partial charge on any atom is 0.123 e. The van der Waals surface area contributed by atoms with Crippen molar-refractivity contribution < 1.29 is 4.39 Å². The Morgan fingerprint density at radius 3 is 2.36 bits per heavy atom. The van der Waals surface area contributed by atoms with Crippen LogP contribution in [0.5, 0.6) is 0 Å². The summed E-state index contributed by atoms with van der Waals surface area (Å²) in [6.07, 6.45) is 0. The lowest BCUT2D eigenvalue weighted by molar-refractivity contribution is 0.628. The highest BCUT2D eigenvalue weighted by molar-refractivity contribution is 9.11. The predicted octanol–water partition coefficient (Wildman–Crippen LogP) is 3.76. The van der Waals surface area contributed by atoms with E-state index >= 15 is 0 Å². The highest BCUT2D eigenvalue weighted by atomic mass is 79.9. The predicted molar refractivity (Wildman–Crippen MR) is 49.2 cm³/mol. The van der Waals surface area contributed by atoms with Crippen molar-refractivity contribution >= 4 is 32.6 Å². The van der Waals surface area contributed by atoms with Gasteiger partial charge < -0.3 is 0 Å². The minimum atomic E-state index is -0.257. The van der Waals surface area contributed by atoms with E-state index < -0.39 is 0 Å². The van der Waals surface area contributed by atoms with Crippen LogP contribution in [0.3, 0.4) is 0 Å². The third-order valence-electron chi connectivity index (χ3n) is 1.22.